The van der Waals surface area contributed by atoms with E-state index >= 15 is 0 Å². The molecule has 0 aliphatic heterocycles. The fourth-order valence-corrected chi connectivity index (χ4v) is 6.44. The number of carbonyl (C=O) groups is 2. The molecule has 220 valence electrons. The summed E-state index contributed by atoms with van der Waals surface area (Å²) >= 11 is 0. The van der Waals surface area contributed by atoms with Crippen LogP contribution >= 0.6 is 0 Å². The van der Waals surface area contributed by atoms with Crippen molar-refractivity contribution in [3.8, 4) is 17.1 Å². The number of pyridine rings is 1. The maximum atomic E-state index is 13.8. The molecule has 1 atom stereocenters. The Labute approximate surface area is 244 Å². The Morgan fingerprint density at radius 1 is 1.17 bits per heavy atom. The fraction of sp³-hybridized carbons (Fsp3) is 0.469. The molecule has 1 amide bonds. The van der Waals surface area contributed by atoms with E-state index in [-0.39, 0.29) is 36.0 Å². The first kappa shape index (κ1) is 28.1. The Bertz CT molecular complexity index is 1520. The number of hydrogen-bond acceptors (Lipinski definition) is 8. The molecular weight excluding hydrogens is 534 g/mol. The molecule has 3 aliphatic rings. The summed E-state index contributed by atoms with van der Waals surface area (Å²) in [5.41, 5.74) is 2.04. The number of H-pyrrole nitrogens is 1. The average molecular weight is 572 g/mol. The summed E-state index contributed by atoms with van der Waals surface area (Å²) < 4.78 is 16.7. The molecule has 2 N–H and O–H groups in total. The van der Waals surface area contributed by atoms with Crippen molar-refractivity contribution in [2.45, 2.75) is 63.8 Å². The number of Topliss-reactive ketones (excluding diaryl/α,β-unsaturated/α-hetero) is 1. The zero-order valence-corrected chi connectivity index (χ0v) is 23.9. The Hall–Kier alpha value is -4.05. The van der Waals surface area contributed by atoms with Crippen LogP contribution in [0.5, 0.6) is 5.88 Å². The van der Waals surface area contributed by atoms with Crippen LogP contribution in [0, 0.1) is 11.3 Å². The van der Waals surface area contributed by atoms with Crippen molar-refractivity contribution in [1.29, 1.82) is 0 Å². The first-order chi connectivity index (χ1) is 20.5. The summed E-state index contributed by atoms with van der Waals surface area (Å²) in [5.74, 6) is 1.88. The summed E-state index contributed by atoms with van der Waals surface area (Å²) in [6.07, 6.45) is 12.7. The predicted molar refractivity (Wildman–Crippen MR) is 156 cm³/mol. The molecule has 3 aromatic heterocycles. The Kier molecular flexibility index (Phi) is 8.32. The van der Waals surface area contributed by atoms with Crippen LogP contribution in [0.1, 0.15) is 80.3 Å². The molecule has 10 nitrogen and oxygen atoms in total. The fourth-order valence-electron chi connectivity index (χ4n) is 6.44. The van der Waals surface area contributed by atoms with Crippen LogP contribution in [0.15, 0.2) is 53.4 Å². The molecule has 3 fully saturated rings. The summed E-state index contributed by atoms with van der Waals surface area (Å²) in [7, 11) is 1.60. The van der Waals surface area contributed by atoms with Gasteiger partial charge >= 0.3 is 0 Å². The van der Waals surface area contributed by atoms with Gasteiger partial charge in [0.2, 0.25) is 17.6 Å². The third-order valence-electron chi connectivity index (χ3n) is 8.86. The van der Waals surface area contributed by atoms with E-state index in [9.17, 15) is 9.59 Å². The van der Waals surface area contributed by atoms with Crippen molar-refractivity contribution in [3.63, 3.8) is 0 Å². The molecule has 1 aromatic carbocycles. The standard InChI is InChI=1S/C32H37N5O5/c1-40-29-23(18-22-7-2-3-8-24(22)36-29)25-19-34-28(35-25)26(20-41-16-5-9-27(38)30-33-15-17-42-30)37-31(39)32-12-4-6-21(10-13-32)11-14-32/h2-3,7-8,15,17-19,21,26H,4-6,9-14,16,20H2,1H3,(H,34,35)(H,37,39). The van der Waals surface area contributed by atoms with Gasteiger partial charge in [-0.25, -0.2) is 15.0 Å². The quantitative estimate of drug-likeness (QED) is 0.161. The smallest absolute Gasteiger partial charge is 0.263 e. The second-order valence-electron chi connectivity index (χ2n) is 11.5. The lowest BCUT2D eigenvalue weighted by molar-refractivity contribution is -0.134. The Balaban J connectivity index is 1.19. The Morgan fingerprint density at radius 2 is 2.02 bits per heavy atom. The van der Waals surface area contributed by atoms with Crippen molar-refractivity contribution < 1.29 is 23.5 Å². The van der Waals surface area contributed by atoms with Crippen molar-refractivity contribution in [1.82, 2.24) is 25.3 Å². The van der Waals surface area contributed by atoms with Gasteiger partial charge in [-0.15, -0.1) is 0 Å². The SMILES string of the molecule is COc1nc2ccccc2cc1-c1cnc(C(COCCCC(=O)c2ncco2)NC(=O)C23CCCC(CC2)CC3)[nH]1. The molecule has 10 heteroatoms. The lowest BCUT2D eigenvalue weighted by atomic mass is 9.70. The van der Waals surface area contributed by atoms with E-state index in [1.165, 1.54) is 18.9 Å². The summed E-state index contributed by atoms with van der Waals surface area (Å²) in [5, 5.41) is 4.28. The lowest BCUT2D eigenvalue weighted by Gasteiger charge is -2.36. The maximum absolute atomic E-state index is 13.8. The van der Waals surface area contributed by atoms with Crippen LogP contribution in [0.4, 0.5) is 0 Å². The second-order valence-corrected chi connectivity index (χ2v) is 11.5. The topological polar surface area (TPSA) is 132 Å². The number of methoxy groups -OCH3 is 1. The van der Waals surface area contributed by atoms with Gasteiger partial charge in [-0.3, -0.25) is 9.59 Å². The molecule has 2 bridgehead atoms. The number of carbonyl (C=O) groups excluding carboxylic acids is 2. The monoisotopic (exact) mass is 571 g/mol. The van der Waals surface area contributed by atoms with Gasteiger partial charge in [-0.2, -0.15) is 0 Å². The number of oxazole rings is 1. The number of nitrogens with one attached hydrogen (secondary N) is 2. The average Bonchev–Trinajstić information content (AvgIpc) is 3.65. The minimum absolute atomic E-state index is 0.0819. The zero-order valence-electron chi connectivity index (χ0n) is 23.9. The van der Waals surface area contributed by atoms with Crippen LogP contribution in [-0.2, 0) is 9.53 Å². The minimum Gasteiger partial charge on any atom is -0.480 e. The zero-order chi connectivity index (χ0) is 28.9. The minimum atomic E-state index is -0.483. The number of ether oxygens (including phenoxy) is 2. The predicted octanol–water partition coefficient (Wildman–Crippen LogP) is 5.82. The molecule has 1 unspecified atom stereocenters. The highest BCUT2D eigenvalue weighted by Gasteiger charge is 2.44. The van der Waals surface area contributed by atoms with E-state index in [0.717, 1.165) is 66.6 Å². The molecule has 3 saturated carbocycles. The number of ketones is 1. The maximum Gasteiger partial charge on any atom is 0.263 e. The van der Waals surface area contributed by atoms with E-state index in [1.807, 2.05) is 30.3 Å². The number of rotatable bonds is 12. The number of imidazole rings is 1. The summed E-state index contributed by atoms with van der Waals surface area (Å²) in [6.45, 7) is 0.569. The van der Waals surface area contributed by atoms with Crippen molar-refractivity contribution in [3.05, 3.63) is 60.7 Å². The summed E-state index contributed by atoms with van der Waals surface area (Å²) in [6, 6.07) is 9.41. The molecule has 0 saturated heterocycles. The number of aromatic amines is 1. The molecular formula is C32H37N5O5. The van der Waals surface area contributed by atoms with Gasteiger partial charge < -0.3 is 24.2 Å². The van der Waals surface area contributed by atoms with E-state index < -0.39 is 6.04 Å². The first-order valence-corrected chi connectivity index (χ1v) is 14.8. The molecule has 4 aromatic rings. The third-order valence-corrected chi connectivity index (χ3v) is 8.86. The third kappa shape index (κ3) is 5.94. The van der Waals surface area contributed by atoms with Crippen LogP contribution in [0.3, 0.4) is 0 Å². The van der Waals surface area contributed by atoms with E-state index in [1.54, 1.807) is 13.3 Å². The van der Waals surface area contributed by atoms with Crippen LogP contribution in [0.25, 0.3) is 22.2 Å². The highest BCUT2D eigenvalue weighted by molar-refractivity contribution is 5.91. The number of fused-ring (bicyclic) bond motifs is 5. The summed E-state index contributed by atoms with van der Waals surface area (Å²) in [4.78, 5) is 42.7. The van der Waals surface area contributed by atoms with Gasteiger partial charge in [0.15, 0.2) is 0 Å². The number of para-hydroxylation sites is 1. The highest BCUT2D eigenvalue weighted by Crippen LogP contribution is 2.48. The highest BCUT2D eigenvalue weighted by atomic mass is 16.5. The Morgan fingerprint density at radius 3 is 2.83 bits per heavy atom. The largest absolute Gasteiger partial charge is 0.480 e. The van der Waals surface area contributed by atoms with Crippen LogP contribution < -0.4 is 10.1 Å². The van der Waals surface area contributed by atoms with Gasteiger partial charge in [0.1, 0.15) is 18.1 Å². The van der Waals surface area contributed by atoms with Crippen LogP contribution in [0.2, 0.25) is 0 Å². The van der Waals surface area contributed by atoms with Gasteiger partial charge in [0.05, 0.1) is 42.9 Å². The second kappa shape index (κ2) is 12.4. The van der Waals surface area contributed by atoms with E-state index in [0.29, 0.717) is 24.7 Å². The van der Waals surface area contributed by atoms with Crippen LogP contribution in [-0.4, -0.2) is 51.9 Å². The van der Waals surface area contributed by atoms with Gasteiger partial charge in [-0.05, 0) is 56.6 Å². The van der Waals surface area contributed by atoms with E-state index in [2.05, 4.69) is 25.3 Å². The molecule has 0 radical (unpaired) electrons. The van der Waals surface area contributed by atoms with Crippen molar-refractivity contribution >= 4 is 22.6 Å². The van der Waals surface area contributed by atoms with Gasteiger partial charge in [-0.1, -0.05) is 31.0 Å². The number of benzene rings is 1. The first-order valence-electron chi connectivity index (χ1n) is 14.8. The normalized spacial score (nSPS) is 20.7. The molecule has 3 heterocycles. The van der Waals surface area contributed by atoms with Gasteiger partial charge in [0, 0.05) is 23.8 Å². The van der Waals surface area contributed by atoms with Crippen molar-refractivity contribution in [2.75, 3.05) is 20.3 Å². The van der Waals surface area contributed by atoms with Gasteiger partial charge in [0.25, 0.3) is 5.89 Å². The molecule has 7 rings (SSSR count). The molecule has 42 heavy (non-hydrogen) atoms. The number of nitrogens with zero attached hydrogens (tertiary/aromatic N) is 3. The van der Waals surface area contributed by atoms with E-state index in [4.69, 9.17) is 13.9 Å². The number of aromatic nitrogens is 4. The number of amides is 1. The molecule has 0 spiro atoms. The van der Waals surface area contributed by atoms with Crippen molar-refractivity contribution in [2.24, 2.45) is 11.3 Å². The number of hydrogen-bond donors (Lipinski definition) is 2. The lowest BCUT2D eigenvalue weighted by Crippen LogP contribution is -2.45. The molecule has 3 aliphatic carbocycles.